The van der Waals surface area contributed by atoms with Crippen LogP contribution in [0.3, 0.4) is 0 Å². The number of benzene rings is 1. The molecule has 0 amide bonds. The molecule has 0 unspecified atom stereocenters. The van der Waals surface area contributed by atoms with Gasteiger partial charge in [0.1, 0.15) is 0 Å². The molecule has 0 aliphatic heterocycles. The fraction of sp³-hybridized carbons (Fsp3) is 0.188. The molecule has 2 heterocycles. The Bertz CT molecular complexity index is 941. The lowest BCUT2D eigenvalue weighted by molar-refractivity contribution is -0.137. The van der Waals surface area contributed by atoms with E-state index in [-0.39, 0.29) is 0 Å². The van der Waals surface area contributed by atoms with Crippen LogP contribution in [0.1, 0.15) is 18.1 Å². The van der Waals surface area contributed by atoms with Crippen LogP contribution in [0.15, 0.2) is 36.5 Å². The van der Waals surface area contributed by atoms with E-state index in [9.17, 15) is 13.2 Å². The molecule has 0 aliphatic carbocycles. The van der Waals surface area contributed by atoms with E-state index in [0.717, 1.165) is 6.07 Å². The first-order chi connectivity index (χ1) is 11.4. The number of nitriles is 1. The predicted molar refractivity (Wildman–Crippen MR) is 79.3 cm³/mol. The number of ether oxygens (including phenoxy) is 1. The lowest BCUT2D eigenvalue weighted by Gasteiger charge is -2.09. The maximum atomic E-state index is 12.9. The molecule has 0 bridgehead atoms. The van der Waals surface area contributed by atoms with Crippen molar-refractivity contribution in [1.82, 2.24) is 14.6 Å². The molecule has 122 valence electrons. The van der Waals surface area contributed by atoms with Crippen LogP contribution in [0.5, 0.6) is 5.88 Å². The van der Waals surface area contributed by atoms with Crippen LogP contribution in [0.25, 0.3) is 16.9 Å². The van der Waals surface area contributed by atoms with Crippen molar-refractivity contribution in [3.05, 3.63) is 47.7 Å². The zero-order chi connectivity index (χ0) is 17.3. The van der Waals surface area contributed by atoms with E-state index in [0.29, 0.717) is 29.4 Å². The molecule has 0 saturated heterocycles. The minimum absolute atomic E-state index is 0.406. The molecule has 0 saturated carbocycles. The van der Waals surface area contributed by atoms with E-state index in [1.807, 2.05) is 6.92 Å². The van der Waals surface area contributed by atoms with Gasteiger partial charge in [0.25, 0.3) is 0 Å². The van der Waals surface area contributed by atoms with Crippen molar-refractivity contribution < 1.29 is 17.9 Å². The summed E-state index contributed by atoms with van der Waals surface area (Å²) in [6.07, 6.45) is -3.00. The second-order valence-corrected chi connectivity index (χ2v) is 4.90. The summed E-state index contributed by atoms with van der Waals surface area (Å²) in [5, 5.41) is 13.2. The van der Waals surface area contributed by atoms with Crippen LogP contribution >= 0.6 is 0 Å². The van der Waals surface area contributed by atoms with E-state index in [2.05, 4.69) is 10.1 Å². The van der Waals surface area contributed by atoms with Crippen molar-refractivity contribution in [3.8, 4) is 23.2 Å². The average molecular weight is 332 g/mol. The number of hydrogen-bond donors (Lipinski definition) is 0. The molecule has 24 heavy (non-hydrogen) atoms. The Morgan fingerprint density at radius 3 is 2.71 bits per heavy atom. The monoisotopic (exact) mass is 332 g/mol. The lowest BCUT2D eigenvalue weighted by Crippen LogP contribution is -2.07. The first-order valence-electron chi connectivity index (χ1n) is 7.03. The van der Waals surface area contributed by atoms with Crippen molar-refractivity contribution in [2.45, 2.75) is 13.1 Å². The summed E-state index contributed by atoms with van der Waals surface area (Å²) in [6.45, 7) is 2.29. The summed E-state index contributed by atoms with van der Waals surface area (Å²) in [7, 11) is 0. The average Bonchev–Trinajstić information content (AvgIpc) is 2.97. The molecule has 0 radical (unpaired) electrons. The van der Waals surface area contributed by atoms with Crippen molar-refractivity contribution in [2.75, 3.05) is 6.61 Å². The van der Waals surface area contributed by atoms with E-state index >= 15 is 0 Å². The number of fused-ring (bicyclic) bond motifs is 1. The van der Waals surface area contributed by atoms with Crippen LogP contribution in [0.4, 0.5) is 13.2 Å². The third-order valence-electron chi connectivity index (χ3n) is 3.33. The number of imidazole rings is 1. The van der Waals surface area contributed by atoms with Gasteiger partial charge in [-0.15, -0.1) is 5.10 Å². The van der Waals surface area contributed by atoms with E-state index in [1.165, 1.54) is 16.6 Å². The molecule has 0 atom stereocenters. The Balaban J connectivity index is 2.06. The molecule has 3 rings (SSSR count). The third-order valence-corrected chi connectivity index (χ3v) is 3.33. The second-order valence-electron chi connectivity index (χ2n) is 4.90. The standard InChI is InChI=1S/C16H11F3N4O/c1-2-24-15-6-5-14-21-13(9-23(14)22-15)10-3-4-12(16(17,18)19)11(7-10)8-20/h3-7,9H,2H2,1H3. The molecule has 0 N–H and O–H groups in total. The number of nitrogens with zero attached hydrogens (tertiary/aromatic N) is 4. The molecule has 5 nitrogen and oxygen atoms in total. The Kier molecular flexibility index (Phi) is 3.85. The summed E-state index contributed by atoms with van der Waals surface area (Å²) in [5.41, 5.74) is -0.0643. The number of halogens is 3. The fourth-order valence-corrected chi connectivity index (χ4v) is 2.27. The summed E-state index contributed by atoms with van der Waals surface area (Å²) >= 11 is 0. The molecule has 3 aromatic rings. The number of rotatable bonds is 3. The third kappa shape index (κ3) is 2.88. The molecule has 0 fully saturated rings. The molecule has 0 spiro atoms. The van der Waals surface area contributed by atoms with Gasteiger partial charge in [0.15, 0.2) is 5.65 Å². The van der Waals surface area contributed by atoms with Gasteiger partial charge >= 0.3 is 6.18 Å². The summed E-state index contributed by atoms with van der Waals surface area (Å²) in [4.78, 5) is 4.31. The van der Waals surface area contributed by atoms with Crippen LogP contribution in [0.2, 0.25) is 0 Å². The Morgan fingerprint density at radius 1 is 1.25 bits per heavy atom. The smallest absolute Gasteiger partial charge is 0.417 e. The highest BCUT2D eigenvalue weighted by Crippen LogP contribution is 2.33. The van der Waals surface area contributed by atoms with Gasteiger partial charge in [-0.1, -0.05) is 6.07 Å². The Morgan fingerprint density at radius 2 is 2.04 bits per heavy atom. The van der Waals surface area contributed by atoms with Crippen LogP contribution in [0, 0.1) is 11.3 Å². The zero-order valence-electron chi connectivity index (χ0n) is 12.5. The van der Waals surface area contributed by atoms with Crippen LogP contribution < -0.4 is 4.74 Å². The summed E-state index contributed by atoms with van der Waals surface area (Å²) in [6, 6.07) is 8.28. The van der Waals surface area contributed by atoms with Crippen molar-refractivity contribution in [2.24, 2.45) is 0 Å². The van der Waals surface area contributed by atoms with Gasteiger partial charge in [0, 0.05) is 11.6 Å². The second kappa shape index (κ2) is 5.85. The van der Waals surface area contributed by atoms with E-state index in [4.69, 9.17) is 10.00 Å². The van der Waals surface area contributed by atoms with E-state index in [1.54, 1.807) is 24.4 Å². The van der Waals surface area contributed by atoms with Gasteiger partial charge in [-0.25, -0.2) is 9.50 Å². The largest absolute Gasteiger partial charge is 0.477 e. The molecular weight excluding hydrogens is 321 g/mol. The maximum Gasteiger partial charge on any atom is 0.417 e. The number of hydrogen-bond acceptors (Lipinski definition) is 4. The van der Waals surface area contributed by atoms with Crippen molar-refractivity contribution in [1.29, 1.82) is 5.26 Å². The van der Waals surface area contributed by atoms with E-state index < -0.39 is 17.3 Å². The van der Waals surface area contributed by atoms with Crippen molar-refractivity contribution in [3.63, 3.8) is 0 Å². The van der Waals surface area contributed by atoms with Gasteiger partial charge in [0.2, 0.25) is 5.88 Å². The molecule has 0 aliphatic rings. The quantitative estimate of drug-likeness (QED) is 0.734. The van der Waals surface area contributed by atoms with Gasteiger partial charge in [-0.3, -0.25) is 0 Å². The van der Waals surface area contributed by atoms with Crippen LogP contribution in [-0.2, 0) is 6.18 Å². The molecule has 8 heteroatoms. The molecule has 1 aromatic carbocycles. The summed E-state index contributed by atoms with van der Waals surface area (Å²) < 4.78 is 45.3. The Hall–Kier alpha value is -3.08. The van der Waals surface area contributed by atoms with Gasteiger partial charge in [0.05, 0.1) is 35.7 Å². The number of aromatic nitrogens is 3. The van der Waals surface area contributed by atoms with Crippen molar-refractivity contribution >= 4 is 5.65 Å². The number of alkyl halides is 3. The highest BCUT2D eigenvalue weighted by molar-refractivity contribution is 5.65. The normalized spacial score (nSPS) is 11.5. The first kappa shape index (κ1) is 15.8. The van der Waals surface area contributed by atoms with Crippen LogP contribution in [-0.4, -0.2) is 21.2 Å². The van der Waals surface area contributed by atoms with Gasteiger partial charge in [-0.05, 0) is 25.1 Å². The molecular formula is C16H11F3N4O. The van der Waals surface area contributed by atoms with Gasteiger partial charge < -0.3 is 4.74 Å². The summed E-state index contributed by atoms with van der Waals surface area (Å²) in [5.74, 6) is 0.416. The first-order valence-corrected chi connectivity index (χ1v) is 7.03. The van der Waals surface area contributed by atoms with Gasteiger partial charge in [-0.2, -0.15) is 18.4 Å². The predicted octanol–water partition coefficient (Wildman–Crippen LogP) is 3.69. The zero-order valence-corrected chi connectivity index (χ0v) is 12.5. The Labute approximate surface area is 134 Å². The fourth-order valence-electron chi connectivity index (χ4n) is 2.27. The minimum Gasteiger partial charge on any atom is -0.477 e. The highest BCUT2D eigenvalue weighted by atomic mass is 19.4. The SMILES string of the molecule is CCOc1ccc2nc(-c3ccc(C(F)(F)F)c(C#N)c3)cn2n1. The molecule has 2 aromatic heterocycles. The lowest BCUT2D eigenvalue weighted by atomic mass is 10.0. The minimum atomic E-state index is -4.57. The highest BCUT2D eigenvalue weighted by Gasteiger charge is 2.33. The topological polar surface area (TPSA) is 63.2 Å². The maximum absolute atomic E-state index is 12.9.